The molecule has 1 aliphatic heterocycles. The molecule has 1 aliphatic rings. The number of unbranched alkanes of at least 4 members (excludes halogenated alkanes) is 1. The SMILES string of the molecule is CCCCN1CCCCC1C(=O)Nc1c(C)cccc1C.CNC[C@H](O)c1ccc(O)c(O)c1.Cl. The number of aromatic hydroxyl groups is 2. The zero-order valence-electron chi connectivity index (χ0n) is 21.4. The van der Waals surface area contributed by atoms with Crippen LogP contribution < -0.4 is 10.6 Å². The van der Waals surface area contributed by atoms with Crippen molar-refractivity contribution >= 4 is 24.0 Å². The number of aliphatic hydroxyl groups excluding tert-OH is 1. The van der Waals surface area contributed by atoms with Gasteiger partial charge < -0.3 is 26.0 Å². The van der Waals surface area contributed by atoms with Gasteiger partial charge >= 0.3 is 0 Å². The van der Waals surface area contributed by atoms with Gasteiger partial charge in [-0.1, -0.05) is 44.0 Å². The van der Waals surface area contributed by atoms with Crippen LogP contribution in [0.1, 0.15) is 61.8 Å². The van der Waals surface area contributed by atoms with Crippen molar-refractivity contribution in [1.29, 1.82) is 0 Å². The molecule has 0 bridgehead atoms. The van der Waals surface area contributed by atoms with E-state index in [1.165, 1.54) is 31.4 Å². The molecule has 5 N–H and O–H groups in total. The lowest BCUT2D eigenvalue weighted by atomic mass is 10.00. The summed E-state index contributed by atoms with van der Waals surface area (Å²) in [5.74, 6) is -0.226. The van der Waals surface area contributed by atoms with E-state index in [9.17, 15) is 9.90 Å². The molecule has 1 fully saturated rings. The van der Waals surface area contributed by atoms with Gasteiger partial charge in [-0.2, -0.15) is 0 Å². The van der Waals surface area contributed by atoms with Gasteiger partial charge in [-0.25, -0.2) is 0 Å². The smallest absolute Gasteiger partial charge is 0.241 e. The molecule has 0 spiro atoms. The van der Waals surface area contributed by atoms with Crippen molar-refractivity contribution in [3.63, 3.8) is 0 Å². The van der Waals surface area contributed by atoms with E-state index in [-0.39, 0.29) is 35.9 Å². The maximum absolute atomic E-state index is 12.7. The topological polar surface area (TPSA) is 105 Å². The van der Waals surface area contributed by atoms with Gasteiger partial charge in [-0.15, -0.1) is 12.4 Å². The van der Waals surface area contributed by atoms with Crippen LogP contribution in [-0.2, 0) is 4.79 Å². The number of benzene rings is 2. The highest BCUT2D eigenvalue weighted by Gasteiger charge is 2.28. The fraction of sp³-hybridized carbons (Fsp3) is 0.519. The minimum absolute atomic E-state index is 0. The van der Waals surface area contributed by atoms with E-state index in [1.54, 1.807) is 13.1 Å². The maximum Gasteiger partial charge on any atom is 0.241 e. The molecule has 2 atom stereocenters. The Morgan fingerprint density at radius 1 is 1.11 bits per heavy atom. The molecule has 3 rings (SSSR count). The maximum atomic E-state index is 12.7. The number of hydrogen-bond donors (Lipinski definition) is 5. The van der Waals surface area contributed by atoms with E-state index in [0.29, 0.717) is 12.1 Å². The number of likely N-dealkylation sites (tertiary alicyclic amines) is 1. The van der Waals surface area contributed by atoms with Gasteiger partial charge in [0.15, 0.2) is 11.5 Å². The number of phenols is 2. The summed E-state index contributed by atoms with van der Waals surface area (Å²) in [5.41, 5.74) is 3.84. The Balaban J connectivity index is 0.000000378. The molecule has 0 aliphatic carbocycles. The zero-order valence-corrected chi connectivity index (χ0v) is 22.2. The van der Waals surface area contributed by atoms with Crippen LogP contribution in [0.3, 0.4) is 0 Å². The average Bonchev–Trinajstić information content (AvgIpc) is 2.82. The summed E-state index contributed by atoms with van der Waals surface area (Å²) in [7, 11) is 1.73. The molecule has 196 valence electrons. The third kappa shape index (κ3) is 9.33. The van der Waals surface area contributed by atoms with Gasteiger partial charge in [-0.3, -0.25) is 9.69 Å². The van der Waals surface area contributed by atoms with E-state index < -0.39 is 6.10 Å². The normalized spacial score (nSPS) is 16.4. The molecular weight excluding hydrogens is 466 g/mol. The highest BCUT2D eigenvalue weighted by molar-refractivity contribution is 5.96. The van der Waals surface area contributed by atoms with Crippen LogP contribution in [-0.4, -0.2) is 58.9 Å². The van der Waals surface area contributed by atoms with Crippen molar-refractivity contribution < 1.29 is 20.1 Å². The number of hydrogen-bond acceptors (Lipinski definition) is 6. The molecule has 1 heterocycles. The fourth-order valence-electron chi connectivity index (χ4n) is 4.19. The molecule has 0 aromatic heterocycles. The van der Waals surface area contributed by atoms with Gasteiger partial charge in [0.1, 0.15) is 0 Å². The van der Waals surface area contributed by atoms with E-state index in [2.05, 4.69) is 48.4 Å². The standard InChI is InChI=1S/C18H28N2O.C9H13NO3.ClH/c1-4-5-12-20-13-7-6-11-16(20)18(21)19-17-14(2)9-8-10-15(17)3;1-10-5-9(13)6-2-3-7(11)8(12)4-6;/h8-10,16H,4-7,11-13H2,1-3H3,(H,19,21);2-4,9-13H,5H2,1H3;1H/t;9-;/m.0./s1. The lowest BCUT2D eigenvalue weighted by Crippen LogP contribution is -2.47. The Bertz CT molecular complexity index is 905. The molecule has 0 radical (unpaired) electrons. The van der Waals surface area contributed by atoms with Crippen LogP contribution in [0.2, 0.25) is 0 Å². The molecule has 35 heavy (non-hydrogen) atoms. The number of aryl methyl sites for hydroxylation is 2. The number of halogens is 1. The second-order valence-corrected chi connectivity index (χ2v) is 8.98. The number of carbonyl (C=O) groups is 1. The van der Waals surface area contributed by atoms with E-state index in [0.717, 1.165) is 42.7 Å². The third-order valence-corrected chi connectivity index (χ3v) is 6.23. The number of nitrogens with zero attached hydrogens (tertiary/aromatic N) is 1. The number of likely N-dealkylation sites (N-methyl/N-ethyl adjacent to an activating group) is 1. The van der Waals surface area contributed by atoms with Crippen LogP contribution in [0.4, 0.5) is 5.69 Å². The van der Waals surface area contributed by atoms with Crippen molar-refractivity contribution in [3.8, 4) is 11.5 Å². The van der Waals surface area contributed by atoms with Crippen molar-refractivity contribution in [2.45, 2.75) is 65.0 Å². The van der Waals surface area contributed by atoms with Crippen molar-refractivity contribution in [3.05, 3.63) is 53.1 Å². The molecule has 1 unspecified atom stereocenters. The number of aliphatic hydroxyl groups is 1. The van der Waals surface area contributed by atoms with E-state index >= 15 is 0 Å². The monoisotopic (exact) mass is 507 g/mol. The summed E-state index contributed by atoms with van der Waals surface area (Å²) in [6, 6.07) is 10.5. The summed E-state index contributed by atoms with van der Waals surface area (Å²) < 4.78 is 0. The van der Waals surface area contributed by atoms with Crippen LogP contribution in [0, 0.1) is 13.8 Å². The molecule has 8 heteroatoms. The lowest BCUT2D eigenvalue weighted by molar-refractivity contribution is -0.122. The Labute approximate surface area is 216 Å². The molecular formula is C27H42ClN3O4. The van der Waals surface area contributed by atoms with Crippen LogP contribution >= 0.6 is 12.4 Å². The quantitative estimate of drug-likeness (QED) is 0.332. The van der Waals surface area contributed by atoms with Gasteiger partial charge in [0.05, 0.1) is 12.1 Å². The summed E-state index contributed by atoms with van der Waals surface area (Å²) in [6.07, 6.45) is 5.05. The van der Waals surface area contributed by atoms with E-state index in [1.807, 2.05) is 6.07 Å². The first-order valence-corrected chi connectivity index (χ1v) is 12.2. The van der Waals surface area contributed by atoms with Crippen molar-refractivity contribution in [2.24, 2.45) is 0 Å². The number of anilines is 1. The largest absolute Gasteiger partial charge is 0.504 e. The van der Waals surface area contributed by atoms with Crippen LogP contribution in [0.15, 0.2) is 36.4 Å². The molecule has 7 nitrogen and oxygen atoms in total. The summed E-state index contributed by atoms with van der Waals surface area (Å²) in [6.45, 7) is 8.82. The number of nitrogens with one attached hydrogen (secondary N) is 2. The van der Waals surface area contributed by atoms with Crippen molar-refractivity contribution in [2.75, 3.05) is 32.0 Å². The molecule has 1 saturated heterocycles. The van der Waals surface area contributed by atoms with Gasteiger partial charge in [0.25, 0.3) is 0 Å². The third-order valence-electron chi connectivity index (χ3n) is 6.23. The Hall–Kier alpha value is -2.32. The van der Waals surface area contributed by atoms with Gasteiger partial charge in [0.2, 0.25) is 5.91 Å². The van der Waals surface area contributed by atoms with E-state index in [4.69, 9.17) is 10.2 Å². The highest BCUT2D eigenvalue weighted by Crippen LogP contribution is 2.27. The first-order valence-electron chi connectivity index (χ1n) is 12.2. The summed E-state index contributed by atoms with van der Waals surface area (Å²) in [4.78, 5) is 15.1. The van der Waals surface area contributed by atoms with Crippen LogP contribution in [0.25, 0.3) is 0 Å². The number of rotatable bonds is 8. The summed E-state index contributed by atoms with van der Waals surface area (Å²) >= 11 is 0. The molecule has 1 amide bonds. The minimum atomic E-state index is -0.670. The van der Waals surface area contributed by atoms with Gasteiger partial charge in [0, 0.05) is 12.2 Å². The molecule has 2 aromatic rings. The first-order chi connectivity index (χ1) is 16.3. The second-order valence-electron chi connectivity index (χ2n) is 8.98. The number of piperidine rings is 1. The predicted molar refractivity (Wildman–Crippen MR) is 145 cm³/mol. The average molecular weight is 508 g/mol. The fourth-order valence-corrected chi connectivity index (χ4v) is 4.19. The Morgan fingerprint density at radius 3 is 2.40 bits per heavy atom. The second kappa shape index (κ2) is 15.6. The number of para-hydroxylation sites is 1. The number of carbonyl (C=O) groups excluding carboxylic acids is 1. The first kappa shape index (κ1) is 30.7. The minimum Gasteiger partial charge on any atom is -0.504 e. The van der Waals surface area contributed by atoms with Crippen molar-refractivity contribution in [1.82, 2.24) is 10.2 Å². The van der Waals surface area contributed by atoms with Crippen LogP contribution in [0.5, 0.6) is 11.5 Å². The lowest BCUT2D eigenvalue weighted by Gasteiger charge is -2.34. The zero-order chi connectivity index (χ0) is 25.1. The molecule has 2 aromatic carbocycles. The number of amides is 1. The Kier molecular flexibility index (Phi) is 13.7. The van der Waals surface area contributed by atoms with Gasteiger partial charge in [-0.05, 0) is 82.1 Å². The number of phenolic OH excluding ortho intramolecular Hbond substituents is 2. The summed E-state index contributed by atoms with van der Waals surface area (Å²) in [5, 5.41) is 33.6. The predicted octanol–water partition coefficient (Wildman–Crippen LogP) is 4.67. The molecule has 0 saturated carbocycles. The highest BCUT2D eigenvalue weighted by atomic mass is 35.5. The Morgan fingerprint density at radius 2 is 1.80 bits per heavy atom.